The van der Waals surface area contributed by atoms with E-state index >= 15 is 0 Å². The quantitative estimate of drug-likeness (QED) is 0.750. The van der Waals surface area contributed by atoms with E-state index < -0.39 is 0 Å². The van der Waals surface area contributed by atoms with Crippen LogP contribution < -0.4 is 0 Å². The third kappa shape index (κ3) is 2.30. The minimum Gasteiger partial charge on any atom is -0.296 e. The van der Waals surface area contributed by atoms with Crippen molar-refractivity contribution < 1.29 is 0 Å². The van der Waals surface area contributed by atoms with Crippen LogP contribution in [-0.2, 0) is 19.4 Å². The van der Waals surface area contributed by atoms with Crippen LogP contribution in [0.25, 0.3) is 0 Å². The van der Waals surface area contributed by atoms with Crippen molar-refractivity contribution in [1.29, 1.82) is 0 Å². The summed E-state index contributed by atoms with van der Waals surface area (Å²) in [5.41, 5.74) is 4.60. The van der Waals surface area contributed by atoms with E-state index in [1.165, 1.54) is 24.9 Å². The molecule has 1 atom stereocenters. The maximum atomic E-state index is 2.61. The minimum absolute atomic E-state index is 0.721. The van der Waals surface area contributed by atoms with E-state index in [1.807, 2.05) is 0 Å². The Morgan fingerprint density at radius 3 is 2.75 bits per heavy atom. The minimum atomic E-state index is 0.721. The molecule has 1 heteroatoms. The van der Waals surface area contributed by atoms with E-state index in [0.29, 0.717) is 0 Å². The van der Waals surface area contributed by atoms with Gasteiger partial charge in [0.1, 0.15) is 0 Å². The normalized spacial score (nSPS) is 18.2. The first-order chi connectivity index (χ1) is 7.74. The van der Waals surface area contributed by atoms with Crippen LogP contribution in [0.2, 0.25) is 0 Å². The molecular weight excluding hydrogens is 194 g/mol. The largest absolute Gasteiger partial charge is 0.296 e. The van der Waals surface area contributed by atoms with Gasteiger partial charge in [-0.3, -0.25) is 4.90 Å². The molecule has 1 aromatic rings. The summed E-state index contributed by atoms with van der Waals surface area (Å²) in [6.07, 6.45) is 3.63. The van der Waals surface area contributed by atoms with Crippen LogP contribution in [0.5, 0.6) is 0 Å². The second-order valence-corrected chi connectivity index (χ2v) is 4.93. The van der Waals surface area contributed by atoms with E-state index in [-0.39, 0.29) is 0 Å². The Bertz CT molecular complexity index is 356. The van der Waals surface area contributed by atoms with Crippen LogP contribution in [0.4, 0.5) is 0 Å². The second-order valence-electron chi connectivity index (χ2n) is 4.93. The molecule has 0 saturated heterocycles. The summed E-state index contributed by atoms with van der Waals surface area (Å²) >= 11 is 0. The molecule has 0 spiro atoms. The van der Waals surface area contributed by atoms with Crippen LogP contribution in [0, 0.1) is 0 Å². The summed E-state index contributed by atoms with van der Waals surface area (Å²) in [6, 6.07) is 7.75. The standard InChI is InChI=1S/C15H23N/c1-4-12(3)16-9-8-14-7-6-13(5-2)10-15(14)11-16/h6-7,10,12H,4-5,8-9,11H2,1-3H3. The molecule has 1 aromatic carbocycles. The SMILES string of the molecule is CCc1ccc2c(c1)CN(C(C)CC)CC2. The molecule has 0 radical (unpaired) electrons. The zero-order valence-electron chi connectivity index (χ0n) is 10.8. The van der Waals surface area contributed by atoms with Gasteiger partial charge in [-0.2, -0.15) is 0 Å². The highest BCUT2D eigenvalue weighted by molar-refractivity contribution is 5.33. The molecular formula is C15H23N. The fourth-order valence-electron chi connectivity index (χ4n) is 2.49. The summed E-state index contributed by atoms with van der Waals surface area (Å²) in [7, 11) is 0. The maximum absolute atomic E-state index is 2.61. The lowest BCUT2D eigenvalue weighted by atomic mass is 9.95. The Hall–Kier alpha value is -0.820. The number of hydrogen-bond acceptors (Lipinski definition) is 1. The molecule has 1 aliphatic rings. The Balaban J connectivity index is 2.18. The summed E-state index contributed by atoms with van der Waals surface area (Å²) in [6.45, 7) is 9.24. The third-order valence-electron chi connectivity index (χ3n) is 3.93. The zero-order chi connectivity index (χ0) is 11.5. The van der Waals surface area contributed by atoms with Gasteiger partial charge in [-0.05, 0) is 42.9 Å². The summed E-state index contributed by atoms with van der Waals surface area (Å²) in [5, 5.41) is 0. The summed E-state index contributed by atoms with van der Waals surface area (Å²) in [4.78, 5) is 2.61. The molecule has 88 valence electrons. The monoisotopic (exact) mass is 217 g/mol. The molecule has 0 bridgehead atoms. The summed E-state index contributed by atoms with van der Waals surface area (Å²) < 4.78 is 0. The first-order valence-corrected chi connectivity index (χ1v) is 6.59. The van der Waals surface area contributed by atoms with E-state index in [1.54, 1.807) is 11.1 Å². The Morgan fingerprint density at radius 1 is 1.25 bits per heavy atom. The molecule has 0 fully saturated rings. The number of aryl methyl sites for hydroxylation is 1. The number of hydrogen-bond donors (Lipinski definition) is 0. The van der Waals surface area contributed by atoms with E-state index in [0.717, 1.165) is 19.0 Å². The van der Waals surface area contributed by atoms with E-state index in [2.05, 4.69) is 43.9 Å². The smallest absolute Gasteiger partial charge is 0.0239 e. The van der Waals surface area contributed by atoms with Gasteiger partial charge in [-0.25, -0.2) is 0 Å². The molecule has 1 nitrogen and oxygen atoms in total. The fraction of sp³-hybridized carbons (Fsp3) is 0.600. The van der Waals surface area contributed by atoms with Gasteiger partial charge in [0.05, 0.1) is 0 Å². The lowest BCUT2D eigenvalue weighted by molar-refractivity contribution is 0.186. The van der Waals surface area contributed by atoms with Crippen LogP contribution in [-0.4, -0.2) is 17.5 Å². The van der Waals surface area contributed by atoms with Gasteiger partial charge >= 0.3 is 0 Å². The predicted molar refractivity (Wildman–Crippen MR) is 69.7 cm³/mol. The van der Waals surface area contributed by atoms with Crippen molar-refractivity contribution in [1.82, 2.24) is 4.90 Å². The first kappa shape index (κ1) is 11.7. The van der Waals surface area contributed by atoms with Gasteiger partial charge in [0.25, 0.3) is 0 Å². The number of nitrogens with zero attached hydrogens (tertiary/aromatic N) is 1. The van der Waals surface area contributed by atoms with Crippen molar-refractivity contribution in [3.63, 3.8) is 0 Å². The van der Waals surface area contributed by atoms with Crippen LogP contribution in [0.1, 0.15) is 43.9 Å². The molecule has 1 aliphatic heterocycles. The topological polar surface area (TPSA) is 3.24 Å². The Kier molecular flexibility index (Phi) is 3.65. The van der Waals surface area contributed by atoms with Crippen LogP contribution in [0.3, 0.4) is 0 Å². The Labute approximate surface area is 99.5 Å². The summed E-state index contributed by atoms with van der Waals surface area (Å²) in [5.74, 6) is 0. The van der Waals surface area contributed by atoms with Gasteiger partial charge in [-0.15, -0.1) is 0 Å². The Morgan fingerprint density at radius 2 is 2.06 bits per heavy atom. The van der Waals surface area contributed by atoms with Crippen molar-refractivity contribution in [2.45, 2.75) is 52.6 Å². The molecule has 0 N–H and O–H groups in total. The van der Waals surface area contributed by atoms with Crippen molar-refractivity contribution >= 4 is 0 Å². The van der Waals surface area contributed by atoms with E-state index in [4.69, 9.17) is 0 Å². The molecule has 0 saturated carbocycles. The number of rotatable bonds is 3. The molecule has 0 aromatic heterocycles. The second kappa shape index (κ2) is 5.01. The molecule has 1 unspecified atom stereocenters. The van der Waals surface area contributed by atoms with Crippen LogP contribution in [0.15, 0.2) is 18.2 Å². The fourth-order valence-corrected chi connectivity index (χ4v) is 2.49. The van der Waals surface area contributed by atoms with Gasteiger partial charge in [0.2, 0.25) is 0 Å². The average Bonchev–Trinajstić information content (AvgIpc) is 2.36. The third-order valence-corrected chi connectivity index (χ3v) is 3.93. The van der Waals surface area contributed by atoms with Gasteiger partial charge < -0.3 is 0 Å². The molecule has 16 heavy (non-hydrogen) atoms. The van der Waals surface area contributed by atoms with Gasteiger partial charge in [0.15, 0.2) is 0 Å². The average molecular weight is 217 g/mol. The molecule has 0 amide bonds. The van der Waals surface area contributed by atoms with Crippen molar-refractivity contribution in [3.05, 3.63) is 34.9 Å². The van der Waals surface area contributed by atoms with Crippen LogP contribution >= 0.6 is 0 Å². The highest BCUT2D eigenvalue weighted by Crippen LogP contribution is 2.22. The van der Waals surface area contributed by atoms with Crippen molar-refractivity contribution in [3.8, 4) is 0 Å². The highest BCUT2D eigenvalue weighted by Gasteiger charge is 2.19. The van der Waals surface area contributed by atoms with Crippen molar-refractivity contribution in [2.24, 2.45) is 0 Å². The molecule has 1 heterocycles. The van der Waals surface area contributed by atoms with E-state index in [9.17, 15) is 0 Å². The first-order valence-electron chi connectivity index (χ1n) is 6.59. The number of fused-ring (bicyclic) bond motifs is 1. The molecule has 2 rings (SSSR count). The van der Waals surface area contributed by atoms with Gasteiger partial charge in [-0.1, -0.05) is 32.0 Å². The highest BCUT2D eigenvalue weighted by atomic mass is 15.1. The number of benzene rings is 1. The predicted octanol–water partition coefficient (Wildman–Crippen LogP) is 3.41. The molecule has 0 aliphatic carbocycles. The maximum Gasteiger partial charge on any atom is 0.0239 e. The zero-order valence-corrected chi connectivity index (χ0v) is 10.8. The lowest BCUT2D eigenvalue weighted by Crippen LogP contribution is -2.37. The van der Waals surface area contributed by atoms with Crippen molar-refractivity contribution in [2.75, 3.05) is 6.54 Å². The van der Waals surface area contributed by atoms with Gasteiger partial charge in [0, 0.05) is 19.1 Å². The lowest BCUT2D eigenvalue weighted by Gasteiger charge is -2.33.